The molecule has 0 saturated carbocycles. The highest BCUT2D eigenvalue weighted by Crippen LogP contribution is 2.34. The lowest BCUT2D eigenvalue weighted by atomic mass is 9.86. The smallest absolute Gasteiger partial charge is 0.415 e. The first-order chi connectivity index (χ1) is 11.5. The van der Waals surface area contributed by atoms with E-state index in [1.54, 1.807) is 24.3 Å². The van der Waals surface area contributed by atoms with Crippen molar-refractivity contribution in [2.24, 2.45) is 5.92 Å². The first kappa shape index (κ1) is 18.5. The minimum atomic E-state index is -4.08. The highest BCUT2D eigenvalue weighted by Gasteiger charge is 2.43. The van der Waals surface area contributed by atoms with Crippen molar-refractivity contribution in [1.29, 1.82) is 0 Å². The Kier molecular flexibility index (Phi) is 6.37. The second-order valence-electron chi connectivity index (χ2n) is 4.68. The minimum Gasteiger partial charge on any atom is -0.691 e. The van der Waals surface area contributed by atoms with Crippen LogP contribution in [-0.2, 0) is 23.6 Å². The molecule has 0 aromatic carbocycles. The maximum absolute atomic E-state index is 13.1. The van der Waals surface area contributed by atoms with Gasteiger partial charge in [0.15, 0.2) is 0 Å². The molecule has 0 aliphatic heterocycles. The first-order valence-electron chi connectivity index (χ1n) is 6.76. The summed E-state index contributed by atoms with van der Waals surface area (Å²) in [6.45, 7) is -0.604. The van der Waals surface area contributed by atoms with Crippen LogP contribution in [0, 0.1) is 5.92 Å². The molecule has 10 heteroatoms. The fourth-order valence-corrected chi connectivity index (χ4v) is 2.38. The zero-order chi connectivity index (χ0) is 17.6. The van der Waals surface area contributed by atoms with Crippen molar-refractivity contribution in [3.05, 3.63) is 47.5 Å². The minimum absolute atomic E-state index is 0.167. The zero-order valence-corrected chi connectivity index (χ0v) is 13.0. The predicted molar refractivity (Wildman–Crippen MR) is 75.7 cm³/mol. The molecule has 1 unspecified atom stereocenters. The van der Waals surface area contributed by atoms with Crippen molar-refractivity contribution in [3.63, 3.8) is 0 Å². The Morgan fingerprint density at radius 3 is 2.96 bits per heavy atom. The predicted octanol–water partition coefficient (Wildman–Crippen LogP) is 1.85. The number of esters is 1. The van der Waals surface area contributed by atoms with Crippen LogP contribution in [0.25, 0.3) is 0 Å². The van der Waals surface area contributed by atoms with Crippen LogP contribution in [-0.4, -0.2) is 29.5 Å². The maximum Gasteiger partial charge on any atom is 0.415 e. The Balaban J connectivity index is 1.82. The number of aliphatic hydroxyl groups excluding tert-OH is 1. The summed E-state index contributed by atoms with van der Waals surface area (Å²) in [7, 11) is 0. The van der Waals surface area contributed by atoms with E-state index in [4.69, 9.17) is 4.74 Å². The molecule has 2 aliphatic rings. The highest BCUT2D eigenvalue weighted by molar-refractivity contribution is 7.96. The molecule has 24 heavy (non-hydrogen) atoms. The number of fused-ring (bicyclic) bond motifs is 1. The topological polar surface area (TPSA) is 97.3 Å². The van der Waals surface area contributed by atoms with Gasteiger partial charge in [0.05, 0.1) is 0 Å². The van der Waals surface area contributed by atoms with Gasteiger partial charge in [0.1, 0.15) is 36.8 Å². The first-order valence-corrected chi connectivity index (χ1v) is 7.50. The van der Waals surface area contributed by atoms with E-state index in [0.717, 1.165) is 5.57 Å². The normalized spacial score (nSPS) is 19.8. The van der Waals surface area contributed by atoms with Gasteiger partial charge in [-0.15, -0.1) is 0 Å². The van der Waals surface area contributed by atoms with E-state index in [1.165, 1.54) is 0 Å². The van der Waals surface area contributed by atoms with E-state index in [0.29, 0.717) is 12.2 Å². The molecule has 0 amide bonds. The molecule has 7 nitrogen and oxygen atoms in total. The number of hydrogen-bond acceptors (Lipinski definition) is 8. The van der Waals surface area contributed by atoms with Gasteiger partial charge in [-0.3, -0.25) is 5.04 Å². The molecule has 1 N–H and O–H groups in total. The van der Waals surface area contributed by atoms with Crippen molar-refractivity contribution >= 4 is 18.0 Å². The summed E-state index contributed by atoms with van der Waals surface area (Å²) in [6.07, 6.45) is 9.15. The lowest BCUT2D eigenvalue weighted by Crippen LogP contribution is -2.29. The molecule has 0 fully saturated rings. The molecular formula is C14H13F2O7S-. The number of alkyl halides is 2. The molecule has 0 radical (unpaired) electrons. The van der Waals surface area contributed by atoms with Gasteiger partial charge in [0, 0.05) is 11.5 Å². The number of ether oxygens (including phenoxy) is 2. The number of rotatable bonds is 8. The lowest BCUT2D eigenvalue weighted by Gasteiger charge is -2.24. The fraction of sp³-hybridized carbons (Fsp3) is 0.357. The molecule has 132 valence electrons. The summed E-state index contributed by atoms with van der Waals surface area (Å²) in [6, 6.07) is 0. The fourth-order valence-electron chi connectivity index (χ4n) is 2.14. The Morgan fingerprint density at radius 1 is 1.42 bits per heavy atom. The van der Waals surface area contributed by atoms with Crippen LogP contribution in [0.5, 0.6) is 0 Å². The van der Waals surface area contributed by atoms with E-state index < -0.39 is 29.9 Å². The second-order valence-corrected chi connectivity index (χ2v) is 5.50. The van der Waals surface area contributed by atoms with Gasteiger partial charge in [-0.1, -0.05) is 18.2 Å². The van der Waals surface area contributed by atoms with E-state index in [2.05, 4.69) is 14.1 Å². The van der Waals surface area contributed by atoms with E-state index in [-0.39, 0.29) is 18.3 Å². The quantitative estimate of drug-likeness (QED) is 0.229. The molecule has 0 heterocycles. The molecule has 1 atom stereocenters. The number of carbonyl (C=O) groups excluding carboxylic acids is 1. The zero-order valence-electron chi connectivity index (χ0n) is 12.1. The van der Waals surface area contributed by atoms with Gasteiger partial charge in [0.2, 0.25) is 0 Å². The van der Waals surface area contributed by atoms with Gasteiger partial charge < -0.3 is 19.8 Å². The van der Waals surface area contributed by atoms with Gasteiger partial charge >= 0.3 is 11.2 Å². The molecule has 0 spiro atoms. The highest BCUT2D eigenvalue weighted by atomic mass is 32.2. The van der Waals surface area contributed by atoms with Gasteiger partial charge in [-0.25, -0.2) is 4.79 Å². The summed E-state index contributed by atoms with van der Waals surface area (Å²) in [4.78, 5) is 11.1. The van der Waals surface area contributed by atoms with Crippen LogP contribution < -0.4 is 5.26 Å². The third-order valence-corrected chi connectivity index (χ3v) is 3.68. The average Bonchev–Trinajstić information content (AvgIpc) is 2.57. The van der Waals surface area contributed by atoms with E-state index in [9.17, 15) is 23.9 Å². The summed E-state index contributed by atoms with van der Waals surface area (Å²) in [5, 5.41) is 18.0. The molecule has 2 aliphatic carbocycles. The van der Waals surface area contributed by atoms with Crippen LogP contribution in [0.15, 0.2) is 47.5 Å². The van der Waals surface area contributed by atoms with Crippen LogP contribution in [0.2, 0.25) is 0 Å². The van der Waals surface area contributed by atoms with Gasteiger partial charge in [0.25, 0.3) is 0 Å². The third-order valence-electron chi connectivity index (χ3n) is 3.18. The van der Waals surface area contributed by atoms with Crippen LogP contribution in [0.3, 0.4) is 0 Å². The van der Waals surface area contributed by atoms with Crippen molar-refractivity contribution < 1.29 is 42.8 Å². The Labute approximate surface area is 139 Å². The van der Waals surface area contributed by atoms with Gasteiger partial charge in [-0.05, 0) is 18.6 Å². The number of aliphatic hydroxyl groups is 1. The van der Waals surface area contributed by atoms with Crippen molar-refractivity contribution in [1.82, 2.24) is 0 Å². The average molecular weight is 363 g/mol. The Hall–Kier alpha value is -1.88. The number of hydrogen-bond donors (Lipinski definition) is 1. The molecule has 0 aromatic rings. The summed E-state index contributed by atoms with van der Waals surface area (Å²) in [5.41, 5.74) is 0.755. The monoisotopic (exact) mass is 363 g/mol. The summed E-state index contributed by atoms with van der Waals surface area (Å²) >= 11 is -0.759. The Morgan fingerprint density at radius 2 is 2.21 bits per heavy atom. The summed E-state index contributed by atoms with van der Waals surface area (Å²) in [5.74, 6) is -1.42. The Bertz CT molecular complexity index is 598. The number of allylic oxidation sites excluding steroid dienone is 6. The molecule has 0 aromatic heterocycles. The third kappa shape index (κ3) is 4.57. The lowest BCUT2D eigenvalue weighted by molar-refractivity contribution is -0.777. The molecule has 0 bridgehead atoms. The van der Waals surface area contributed by atoms with Crippen molar-refractivity contribution in [3.8, 4) is 0 Å². The molecular weight excluding hydrogens is 350 g/mol. The summed E-state index contributed by atoms with van der Waals surface area (Å²) < 4.78 is 39.4. The molecule has 0 saturated heterocycles. The van der Waals surface area contributed by atoms with Crippen molar-refractivity contribution in [2.45, 2.75) is 11.7 Å². The maximum atomic E-state index is 13.1. The van der Waals surface area contributed by atoms with Crippen LogP contribution >= 0.6 is 12.0 Å². The SMILES string of the molecule is O=C(OCCOC1=C2C=CC=C(O)C2CC=C1)C(F)(F)SOO[O-]. The molecule has 2 rings (SSSR count). The van der Waals surface area contributed by atoms with E-state index in [1.807, 2.05) is 6.08 Å². The standard InChI is InChI=1S/C14H14F2O7S/c15-14(16,24-23-22-19)13(18)21-8-7-20-12-6-2-3-9-10(12)4-1-5-11(9)17/h1-2,4-6,9,17,19H,3,7-8H2/p-1. The largest absolute Gasteiger partial charge is 0.691 e. The van der Waals surface area contributed by atoms with Crippen LogP contribution in [0.1, 0.15) is 6.42 Å². The second kappa shape index (κ2) is 8.29. The van der Waals surface area contributed by atoms with Crippen molar-refractivity contribution in [2.75, 3.05) is 13.2 Å². The van der Waals surface area contributed by atoms with E-state index >= 15 is 0 Å². The number of carbonyl (C=O) groups is 1. The van der Waals surface area contributed by atoms with Crippen LogP contribution in [0.4, 0.5) is 8.78 Å². The number of halogens is 2. The van der Waals surface area contributed by atoms with Gasteiger partial charge in [-0.2, -0.15) is 13.1 Å².